The van der Waals surface area contributed by atoms with Gasteiger partial charge in [-0.15, -0.1) is 0 Å². The molecule has 6 nitrogen and oxygen atoms in total. The maximum atomic E-state index is 11.3. The summed E-state index contributed by atoms with van der Waals surface area (Å²) in [5, 5.41) is 7.84. The SMILES string of the molecule is CCc1nn(CC)c(CNCC(C)(C)NS(C)(=O)=O)c1Br. The van der Waals surface area contributed by atoms with E-state index in [0.717, 1.165) is 28.8 Å². The van der Waals surface area contributed by atoms with Crippen molar-refractivity contribution in [3.8, 4) is 0 Å². The van der Waals surface area contributed by atoms with Crippen LogP contribution in [0.2, 0.25) is 0 Å². The number of aryl methyl sites for hydroxylation is 2. The Labute approximate surface area is 135 Å². The highest BCUT2D eigenvalue weighted by Crippen LogP contribution is 2.22. The molecular weight excluding hydrogens is 356 g/mol. The van der Waals surface area contributed by atoms with Crippen LogP contribution in [0.15, 0.2) is 4.47 Å². The molecule has 0 atom stereocenters. The largest absolute Gasteiger partial charge is 0.309 e. The Kier molecular flexibility index (Phi) is 6.39. The minimum absolute atomic E-state index is 0.531. The molecule has 0 spiro atoms. The van der Waals surface area contributed by atoms with Crippen LogP contribution in [0, 0.1) is 0 Å². The van der Waals surface area contributed by atoms with E-state index >= 15 is 0 Å². The first-order valence-electron chi connectivity index (χ1n) is 7.03. The lowest BCUT2D eigenvalue weighted by atomic mass is 10.1. The molecule has 8 heteroatoms. The van der Waals surface area contributed by atoms with Gasteiger partial charge >= 0.3 is 0 Å². The van der Waals surface area contributed by atoms with Gasteiger partial charge in [-0.3, -0.25) is 4.68 Å². The van der Waals surface area contributed by atoms with Crippen molar-refractivity contribution in [1.29, 1.82) is 0 Å². The van der Waals surface area contributed by atoms with Gasteiger partial charge in [0.05, 0.1) is 22.1 Å². The fourth-order valence-electron chi connectivity index (χ4n) is 2.22. The molecule has 122 valence electrons. The van der Waals surface area contributed by atoms with Crippen molar-refractivity contribution in [2.75, 3.05) is 12.8 Å². The average molecular weight is 381 g/mol. The lowest BCUT2D eigenvalue weighted by Crippen LogP contribution is -2.49. The zero-order valence-corrected chi connectivity index (χ0v) is 15.7. The van der Waals surface area contributed by atoms with Crippen LogP contribution in [-0.4, -0.2) is 36.5 Å². The maximum absolute atomic E-state index is 11.3. The lowest BCUT2D eigenvalue weighted by Gasteiger charge is -2.25. The molecule has 0 saturated carbocycles. The maximum Gasteiger partial charge on any atom is 0.209 e. The van der Waals surface area contributed by atoms with Gasteiger partial charge < -0.3 is 5.32 Å². The molecule has 0 aromatic carbocycles. The van der Waals surface area contributed by atoms with Gasteiger partial charge in [-0.2, -0.15) is 5.10 Å². The van der Waals surface area contributed by atoms with Gasteiger partial charge in [-0.25, -0.2) is 13.1 Å². The summed E-state index contributed by atoms with van der Waals surface area (Å²) in [6, 6.07) is 0. The van der Waals surface area contributed by atoms with Gasteiger partial charge in [0.15, 0.2) is 0 Å². The van der Waals surface area contributed by atoms with E-state index in [-0.39, 0.29) is 0 Å². The zero-order valence-electron chi connectivity index (χ0n) is 13.3. The molecule has 0 aliphatic carbocycles. The summed E-state index contributed by atoms with van der Waals surface area (Å²) < 4.78 is 28.2. The number of aromatic nitrogens is 2. The van der Waals surface area contributed by atoms with E-state index in [2.05, 4.69) is 44.9 Å². The van der Waals surface area contributed by atoms with E-state index in [0.29, 0.717) is 13.1 Å². The Morgan fingerprint density at radius 2 is 1.95 bits per heavy atom. The van der Waals surface area contributed by atoms with Crippen LogP contribution in [0.3, 0.4) is 0 Å². The molecule has 1 aromatic heterocycles. The van der Waals surface area contributed by atoms with Gasteiger partial charge in [0.25, 0.3) is 0 Å². The van der Waals surface area contributed by atoms with Crippen LogP contribution >= 0.6 is 15.9 Å². The van der Waals surface area contributed by atoms with E-state index in [1.807, 2.05) is 18.5 Å². The molecule has 0 unspecified atom stereocenters. The van der Waals surface area contributed by atoms with Gasteiger partial charge in [0.1, 0.15) is 0 Å². The summed E-state index contributed by atoms with van der Waals surface area (Å²) in [4.78, 5) is 0. The predicted octanol–water partition coefficient (Wildman–Crippen LogP) is 1.65. The number of hydrogen-bond acceptors (Lipinski definition) is 4. The Bertz CT molecular complexity index is 581. The summed E-state index contributed by atoms with van der Waals surface area (Å²) in [5.74, 6) is 0. The summed E-state index contributed by atoms with van der Waals surface area (Å²) in [6.45, 7) is 9.80. The van der Waals surface area contributed by atoms with Crippen molar-refractivity contribution >= 4 is 26.0 Å². The van der Waals surface area contributed by atoms with E-state index in [4.69, 9.17) is 0 Å². The Balaban J connectivity index is 2.70. The Hall–Kier alpha value is -0.440. The topological polar surface area (TPSA) is 76.0 Å². The van der Waals surface area contributed by atoms with Crippen LogP contribution in [0.1, 0.15) is 39.1 Å². The summed E-state index contributed by atoms with van der Waals surface area (Å²) in [6.07, 6.45) is 2.05. The molecule has 0 bridgehead atoms. The fourth-order valence-corrected chi connectivity index (χ4v) is 4.00. The second kappa shape index (κ2) is 7.21. The quantitative estimate of drug-likeness (QED) is 0.718. The Morgan fingerprint density at radius 1 is 1.33 bits per heavy atom. The lowest BCUT2D eigenvalue weighted by molar-refractivity contribution is 0.416. The number of halogens is 1. The highest BCUT2D eigenvalue weighted by Gasteiger charge is 2.22. The fraction of sp³-hybridized carbons (Fsp3) is 0.769. The van der Waals surface area contributed by atoms with E-state index in [9.17, 15) is 8.42 Å². The third kappa shape index (κ3) is 5.69. The number of sulfonamides is 1. The predicted molar refractivity (Wildman–Crippen MR) is 88.7 cm³/mol. The Morgan fingerprint density at radius 3 is 2.43 bits per heavy atom. The molecule has 1 rings (SSSR count). The van der Waals surface area contributed by atoms with Crippen LogP contribution < -0.4 is 10.0 Å². The van der Waals surface area contributed by atoms with Crippen molar-refractivity contribution in [2.24, 2.45) is 0 Å². The van der Waals surface area contributed by atoms with Gasteiger partial charge in [0.2, 0.25) is 10.0 Å². The smallest absolute Gasteiger partial charge is 0.209 e. The standard InChI is InChI=1S/C13H25BrN4O2S/c1-6-10-12(14)11(18(7-2)16-10)8-15-9-13(3,4)17-21(5,19)20/h15,17H,6-9H2,1-5H3. The first-order chi connectivity index (χ1) is 9.59. The normalized spacial score (nSPS) is 12.9. The van der Waals surface area contributed by atoms with Crippen molar-refractivity contribution in [3.63, 3.8) is 0 Å². The molecule has 1 heterocycles. The third-order valence-electron chi connectivity index (χ3n) is 3.02. The first-order valence-corrected chi connectivity index (χ1v) is 9.71. The van der Waals surface area contributed by atoms with Gasteiger partial charge in [0, 0.05) is 25.2 Å². The molecule has 21 heavy (non-hydrogen) atoms. The minimum atomic E-state index is -3.21. The summed E-state index contributed by atoms with van der Waals surface area (Å²) >= 11 is 3.60. The monoisotopic (exact) mass is 380 g/mol. The molecule has 0 radical (unpaired) electrons. The highest BCUT2D eigenvalue weighted by molar-refractivity contribution is 9.10. The molecule has 2 N–H and O–H groups in total. The second-order valence-corrected chi connectivity index (χ2v) is 8.28. The number of rotatable bonds is 8. The zero-order chi connectivity index (χ0) is 16.3. The molecule has 1 aromatic rings. The summed E-state index contributed by atoms with van der Waals surface area (Å²) in [7, 11) is -3.21. The highest BCUT2D eigenvalue weighted by atomic mass is 79.9. The molecule has 0 aliphatic heterocycles. The second-order valence-electron chi connectivity index (χ2n) is 5.74. The van der Waals surface area contributed by atoms with Crippen LogP contribution in [0.25, 0.3) is 0 Å². The van der Waals surface area contributed by atoms with Crippen molar-refractivity contribution in [2.45, 2.75) is 52.7 Å². The van der Waals surface area contributed by atoms with Crippen LogP contribution in [0.5, 0.6) is 0 Å². The molecule has 0 amide bonds. The van der Waals surface area contributed by atoms with Gasteiger partial charge in [-0.1, -0.05) is 6.92 Å². The van der Waals surface area contributed by atoms with E-state index in [1.165, 1.54) is 6.26 Å². The van der Waals surface area contributed by atoms with Gasteiger partial charge in [-0.05, 0) is 43.1 Å². The van der Waals surface area contributed by atoms with E-state index < -0.39 is 15.6 Å². The van der Waals surface area contributed by atoms with Crippen molar-refractivity contribution in [1.82, 2.24) is 19.8 Å². The number of nitrogens with one attached hydrogen (secondary N) is 2. The number of hydrogen-bond donors (Lipinski definition) is 2. The van der Waals surface area contributed by atoms with Crippen molar-refractivity contribution in [3.05, 3.63) is 15.9 Å². The third-order valence-corrected chi connectivity index (χ3v) is 4.85. The van der Waals surface area contributed by atoms with Crippen LogP contribution in [-0.2, 0) is 29.5 Å². The molecular formula is C13H25BrN4O2S. The average Bonchev–Trinajstić information content (AvgIpc) is 2.63. The van der Waals surface area contributed by atoms with Crippen LogP contribution in [0.4, 0.5) is 0 Å². The van der Waals surface area contributed by atoms with E-state index in [1.54, 1.807) is 0 Å². The minimum Gasteiger partial charge on any atom is -0.309 e. The summed E-state index contributed by atoms with van der Waals surface area (Å²) in [5.41, 5.74) is 1.59. The number of nitrogens with zero attached hydrogens (tertiary/aromatic N) is 2. The van der Waals surface area contributed by atoms with Crippen molar-refractivity contribution < 1.29 is 8.42 Å². The molecule has 0 fully saturated rings. The molecule has 0 aliphatic rings. The molecule has 0 saturated heterocycles. The first kappa shape index (κ1) is 18.6.